The molecule has 2 aliphatic carbocycles. The lowest BCUT2D eigenvalue weighted by Gasteiger charge is -2.19. The Morgan fingerprint density at radius 2 is 2.05 bits per heavy atom. The highest BCUT2D eigenvalue weighted by molar-refractivity contribution is 7.89. The van der Waals surface area contributed by atoms with Gasteiger partial charge in [-0.1, -0.05) is 6.92 Å². The fraction of sp³-hybridized carbons (Fsp3) is 0.714. The van der Waals surface area contributed by atoms with Crippen molar-refractivity contribution in [3.8, 4) is 0 Å². The maximum absolute atomic E-state index is 12.7. The lowest BCUT2D eigenvalue weighted by molar-refractivity contribution is 0.270. The third-order valence-corrected chi connectivity index (χ3v) is 6.06. The number of aromatic nitrogens is 1. The Morgan fingerprint density at radius 1 is 1.35 bits per heavy atom. The molecule has 2 saturated carbocycles. The van der Waals surface area contributed by atoms with Crippen molar-refractivity contribution in [2.45, 2.75) is 50.2 Å². The maximum Gasteiger partial charge on any atom is 0.244 e. The average molecular weight is 298 g/mol. The van der Waals surface area contributed by atoms with Crippen LogP contribution in [0.4, 0.5) is 0 Å². The highest BCUT2D eigenvalue weighted by atomic mass is 32.2. The Bertz CT molecular complexity index is 586. The van der Waals surface area contributed by atoms with Crippen molar-refractivity contribution in [2.24, 2.45) is 5.92 Å². The SMILES string of the molecule is CCN(CC1CC1)S(=O)(=O)c1cc(CO)n(C2CC2)c1. The van der Waals surface area contributed by atoms with Gasteiger partial charge >= 0.3 is 0 Å². The molecule has 0 atom stereocenters. The molecule has 0 saturated heterocycles. The van der Waals surface area contributed by atoms with Crippen LogP contribution in [0.2, 0.25) is 0 Å². The van der Waals surface area contributed by atoms with Crippen LogP contribution in [0.1, 0.15) is 44.3 Å². The topological polar surface area (TPSA) is 62.5 Å². The molecule has 0 radical (unpaired) electrons. The number of aliphatic hydroxyl groups excluding tert-OH is 1. The van der Waals surface area contributed by atoms with E-state index < -0.39 is 10.0 Å². The van der Waals surface area contributed by atoms with E-state index in [-0.39, 0.29) is 6.61 Å². The minimum atomic E-state index is -3.42. The molecule has 1 aromatic heterocycles. The predicted molar refractivity (Wildman–Crippen MR) is 75.8 cm³/mol. The van der Waals surface area contributed by atoms with E-state index in [1.54, 1.807) is 16.6 Å². The summed E-state index contributed by atoms with van der Waals surface area (Å²) in [6.45, 7) is 2.90. The zero-order valence-corrected chi connectivity index (χ0v) is 12.6. The van der Waals surface area contributed by atoms with E-state index in [0.29, 0.717) is 35.6 Å². The van der Waals surface area contributed by atoms with Gasteiger partial charge in [0.25, 0.3) is 0 Å². The number of rotatable bonds is 7. The molecule has 0 spiro atoms. The van der Waals surface area contributed by atoms with Crippen LogP contribution < -0.4 is 0 Å². The smallest absolute Gasteiger partial charge is 0.244 e. The number of hydrogen-bond donors (Lipinski definition) is 1. The van der Waals surface area contributed by atoms with Crippen molar-refractivity contribution in [1.29, 1.82) is 0 Å². The monoisotopic (exact) mass is 298 g/mol. The third kappa shape index (κ3) is 2.64. The number of nitrogens with zero attached hydrogens (tertiary/aromatic N) is 2. The molecule has 2 fully saturated rings. The summed E-state index contributed by atoms with van der Waals surface area (Å²) in [7, 11) is -3.42. The molecule has 0 amide bonds. The van der Waals surface area contributed by atoms with Crippen LogP contribution in [0, 0.1) is 5.92 Å². The molecule has 1 heterocycles. The summed E-state index contributed by atoms with van der Waals surface area (Å²) in [6, 6.07) is 2.00. The van der Waals surface area contributed by atoms with Crippen LogP contribution in [-0.4, -0.2) is 35.5 Å². The summed E-state index contributed by atoms with van der Waals surface area (Å²) in [5.41, 5.74) is 0.702. The van der Waals surface area contributed by atoms with Gasteiger partial charge in [-0.3, -0.25) is 0 Å². The van der Waals surface area contributed by atoms with Crippen molar-refractivity contribution in [2.75, 3.05) is 13.1 Å². The third-order valence-electron chi connectivity index (χ3n) is 4.16. The van der Waals surface area contributed by atoms with Crippen molar-refractivity contribution in [3.05, 3.63) is 18.0 Å². The number of sulfonamides is 1. The van der Waals surface area contributed by atoms with E-state index in [0.717, 1.165) is 25.7 Å². The van der Waals surface area contributed by atoms with Crippen LogP contribution in [0.15, 0.2) is 17.2 Å². The first-order chi connectivity index (χ1) is 9.56. The van der Waals surface area contributed by atoms with E-state index in [2.05, 4.69) is 0 Å². The summed E-state index contributed by atoms with van der Waals surface area (Å²) >= 11 is 0. The first-order valence-electron chi connectivity index (χ1n) is 7.38. The lowest BCUT2D eigenvalue weighted by Crippen LogP contribution is -2.32. The largest absolute Gasteiger partial charge is 0.390 e. The second-order valence-corrected chi connectivity index (χ2v) is 7.80. The molecule has 112 valence electrons. The molecule has 1 aromatic rings. The van der Waals surface area contributed by atoms with Crippen molar-refractivity contribution < 1.29 is 13.5 Å². The second kappa shape index (κ2) is 5.16. The molecule has 0 aromatic carbocycles. The first kappa shape index (κ1) is 14.1. The Kier molecular flexibility index (Phi) is 3.64. The van der Waals surface area contributed by atoms with E-state index in [4.69, 9.17) is 0 Å². The summed E-state index contributed by atoms with van der Waals surface area (Å²) in [6.07, 6.45) is 6.11. The van der Waals surface area contributed by atoms with E-state index >= 15 is 0 Å². The molecule has 1 N–H and O–H groups in total. The van der Waals surface area contributed by atoms with Gasteiger partial charge in [-0.05, 0) is 37.7 Å². The highest BCUT2D eigenvalue weighted by Gasteiger charge is 2.33. The Labute approximate surface area is 120 Å². The van der Waals surface area contributed by atoms with Gasteiger partial charge in [0.2, 0.25) is 10.0 Å². The summed E-state index contributed by atoms with van der Waals surface area (Å²) in [5.74, 6) is 0.535. The zero-order valence-electron chi connectivity index (χ0n) is 11.8. The molecule has 3 rings (SSSR count). The molecule has 0 unspecified atom stereocenters. The van der Waals surface area contributed by atoms with Gasteiger partial charge < -0.3 is 9.67 Å². The fourth-order valence-electron chi connectivity index (χ4n) is 2.59. The molecule has 5 nitrogen and oxygen atoms in total. The standard InChI is InChI=1S/C14H22N2O3S/c1-2-15(8-11-3-4-11)20(18,19)14-7-13(10-17)16(9-14)12-5-6-12/h7,9,11-12,17H,2-6,8,10H2,1H3. The summed E-state index contributed by atoms with van der Waals surface area (Å²) in [5, 5.41) is 9.40. The van der Waals surface area contributed by atoms with Gasteiger partial charge in [0.1, 0.15) is 4.90 Å². The Morgan fingerprint density at radius 3 is 2.55 bits per heavy atom. The van der Waals surface area contributed by atoms with Crippen LogP contribution in [0.5, 0.6) is 0 Å². The molecular weight excluding hydrogens is 276 g/mol. The quantitative estimate of drug-likeness (QED) is 0.834. The van der Waals surface area contributed by atoms with Crippen LogP contribution >= 0.6 is 0 Å². The first-order valence-corrected chi connectivity index (χ1v) is 8.82. The Hall–Kier alpha value is -0.850. The van der Waals surface area contributed by atoms with E-state index in [1.165, 1.54) is 0 Å². The van der Waals surface area contributed by atoms with Gasteiger partial charge in [-0.2, -0.15) is 4.31 Å². The average Bonchev–Trinajstić information content (AvgIpc) is 3.34. The maximum atomic E-state index is 12.7. The van der Waals surface area contributed by atoms with Gasteiger partial charge in [0.05, 0.1) is 6.61 Å². The highest BCUT2D eigenvalue weighted by Crippen LogP contribution is 2.38. The minimum Gasteiger partial charge on any atom is -0.390 e. The van der Waals surface area contributed by atoms with Crippen LogP contribution in [0.3, 0.4) is 0 Å². The molecule has 20 heavy (non-hydrogen) atoms. The number of aliphatic hydroxyl groups is 1. The van der Waals surface area contributed by atoms with Gasteiger partial charge in [-0.25, -0.2) is 8.42 Å². The van der Waals surface area contributed by atoms with Gasteiger partial charge in [0.15, 0.2) is 0 Å². The van der Waals surface area contributed by atoms with Gasteiger partial charge in [0, 0.05) is 31.0 Å². The van der Waals surface area contributed by atoms with Gasteiger partial charge in [-0.15, -0.1) is 0 Å². The zero-order chi connectivity index (χ0) is 14.3. The van der Waals surface area contributed by atoms with E-state index in [9.17, 15) is 13.5 Å². The number of hydrogen-bond acceptors (Lipinski definition) is 3. The minimum absolute atomic E-state index is 0.110. The summed E-state index contributed by atoms with van der Waals surface area (Å²) < 4.78 is 28.9. The van der Waals surface area contributed by atoms with Crippen molar-refractivity contribution in [3.63, 3.8) is 0 Å². The molecule has 2 aliphatic rings. The van der Waals surface area contributed by atoms with Crippen LogP contribution in [-0.2, 0) is 16.6 Å². The molecule has 0 aliphatic heterocycles. The molecular formula is C14H22N2O3S. The normalized spacial score (nSPS) is 19.8. The molecule has 0 bridgehead atoms. The lowest BCUT2D eigenvalue weighted by atomic mass is 10.4. The van der Waals surface area contributed by atoms with Crippen molar-refractivity contribution >= 4 is 10.0 Å². The summed E-state index contributed by atoms with van der Waals surface area (Å²) in [4.78, 5) is 0.330. The second-order valence-electron chi connectivity index (χ2n) is 5.86. The van der Waals surface area contributed by atoms with E-state index in [1.807, 2.05) is 11.5 Å². The Balaban J connectivity index is 1.88. The predicted octanol–water partition coefficient (Wildman–Crippen LogP) is 1.74. The molecule has 6 heteroatoms. The van der Waals surface area contributed by atoms with Crippen LogP contribution in [0.25, 0.3) is 0 Å². The fourth-order valence-corrected chi connectivity index (χ4v) is 4.17. The van der Waals surface area contributed by atoms with Crippen molar-refractivity contribution in [1.82, 2.24) is 8.87 Å².